The number of hydrogen-bond acceptors (Lipinski definition) is 5. The zero-order chi connectivity index (χ0) is 44.9. The molecule has 0 saturated heterocycles. The molecule has 0 radical (unpaired) electrons. The fraction of sp³-hybridized carbons (Fsp3) is 0.860. The SMILES string of the molecule is CCCC/C=C\CCCCCCCC(=O)OC(COCCCCCCCCCC/C=C\CCCCCCCC)COC(=O)CCCCCCCCC/C=C\CCCCCCCC. The molecule has 0 heterocycles. The third-order valence-electron chi connectivity index (χ3n) is 12.1. The Kier molecular flexibility index (Phi) is 51.8. The van der Waals surface area contributed by atoms with E-state index in [0.717, 1.165) is 51.4 Å². The molecule has 1 unspecified atom stereocenters. The van der Waals surface area contributed by atoms with Crippen molar-refractivity contribution >= 4 is 11.9 Å². The molecule has 0 bridgehead atoms. The molecule has 62 heavy (non-hydrogen) atoms. The molecule has 0 aromatic carbocycles. The highest BCUT2D eigenvalue weighted by Crippen LogP contribution is 2.15. The Morgan fingerprint density at radius 2 is 0.645 bits per heavy atom. The molecule has 5 heteroatoms. The van der Waals surface area contributed by atoms with Gasteiger partial charge in [-0.05, 0) is 89.9 Å². The quantitative estimate of drug-likeness (QED) is 0.0346. The van der Waals surface area contributed by atoms with Gasteiger partial charge in [0.25, 0.3) is 0 Å². The van der Waals surface area contributed by atoms with Crippen LogP contribution in [0.2, 0.25) is 0 Å². The van der Waals surface area contributed by atoms with Crippen LogP contribution in [0.3, 0.4) is 0 Å². The maximum absolute atomic E-state index is 12.8. The van der Waals surface area contributed by atoms with Crippen molar-refractivity contribution in [2.45, 2.75) is 297 Å². The molecule has 0 amide bonds. The Balaban J connectivity index is 4.20. The van der Waals surface area contributed by atoms with Crippen LogP contribution in [0.25, 0.3) is 0 Å². The zero-order valence-electron chi connectivity index (χ0n) is 41.9. The Hall–Kier alpha value is -1.88. The molecule has 5 nitrogen and oxygen atoms in total. The minimum absolute atomic E-state index is 0.0820. The minimum Gasteiger partial charge on any atom is -0.462 e. The summed E-state index contributed by atoms with van der Waals surface area (Å²) < 4.78 is 17.4. The van der Waals surface area contributed by atoms with E-state index >= 15 is 0 Å². The van der Waals surface area contributed by atoms with Gasteiger partial charge in [-0.15, -0.1) is 0 Å². The first-order valence-corrected chi connectivity index (χ1v) is 27.5. The van der Waals surface area contributed by atoms with Crippen LogP contribution < -0.4 is 0 Å². The van der Waals surface area contributed by atoms with Gasteiger partial charge in [0.2, 0.25) is 0 Å². The van der Waals surface area contributed by atoms with Crippen LogP contribution in [-0.2, 0) is 23.8 Å². The first kappa shape index (κ1) is 60.1. The first-order chi connectivity index (χ1) is 30.6. The normalized spacial score (nSPS) is 12.4. The van der Waals surface area contributed by atoms with E-state index in [4.69, 9.17) is 14.2 Å². The van der Waals surface area contributed by atoms with E-state index in [1.54, 1.807) is 0 Å². The first-order valence-electron chi connectivity index (χ1n) is 27.5. The van der Waals surface area contributed by atoms with Crippen molar-refractivity contribution in [1.29, 1.82) is 0 Å². The van der Waals surface area contributed by atoms with Crippen LogP contribution in [0.15, 0.2) is 36.5 Å². The van der Waals surface area contributed by atoms with Crippen molar-refractivity contribution in [2.75, 3.05) is 19.8 Å². The molecule has 0 spiro atoms. The number of carbonyl (C=O) groups excluding carboxylic acids is 2. The average molecular weight is 871 g/mol. The highest BCUT2D eigenvalue weighted by Gasteiger charge is 2.17. The molecule has 0 rings (SSSR count). The number of unbranched alkanes of at least 4 members (excludes halogenated alkanes) is 34. The summed E-state index contributed by atoms with van der Waals surface area (Å²) in [4.78, 5) is 25.4. The van der Waals surface area contributed by atoms with Crippen molar-refractivity contribution < 1.29 is 23.8 Å². The van der Waals surface area contributed by atoms with Gasteiger partial charge in [-0.25, -0.2) is 0 Å². The third-order valence-corrected chi connectivity index (χ3v) is 12.1. The molecule has 0 aliphatic rings. The van der Waals surface area contributed by atoms with E-state index in [9.17, 15) is 9.59 Å². The highest BCUT2D eigenvalue weighted by atomic mass is 16.6. The maximum atomic E-state index is 12.8. The van der Waals surface area contributed by atoms with Crippen LogP contribution in [0.1, 0.15) is 290 Å². The van der Waals surface area contributed by atoms with Crippen LogP contribution in [0.4, 0.5) is 0 Å². The molecule has 0 N–H and O–H groups in total. The van der Waals surface area contributed by atoms with E-state index in [1.807, 2.05) is 0 Å². The number of rotatable bonds is 51. The Labute approximate surface area is 387 Å². The van der Waals surface area contributed by atoms with Gasteiger partial charge >= 0.3 is 11.9 Å². The summed E-state index contributed by atoms with van der Waals surface area (Å²) in [6.07, 6.45) is 64.4. The second-order valence-electron chi connectivity index (χ2n) is 18.5. The van der Waals surface area contributed by atoms with Crippen LogP contribution in [0, 0.1) is 0 Å². The third kappa shape index (κ3) is 50.8. The molecule has 364 valence electrons. The zero-order valence-corrected chi connectivity index (χ0v) is 41.9. The summed E-state index contributed by atoms with van der Waals surface area (Å²) in [5.41, 5.74) is 0. The lowest BCUT2D eigenvalue weighted by atomic mass is 10.1. The number of hydrogen-bond donors (Lipinski definition) is 0. The van der Waals surface area contributed by atoms with Crippen molar-refractivity contribution in [1.82, 2.24) is 0 Å². The van der Waals surface area contributed by atoms with E-state index in [1.165, 1.54) is 205 Å². The lowest BCUT2D eigenvalue weighted by molar-refractivity contribution is -0.163. The van der Waals surface area contributed by atoms with Gasteiger partial charge in [0.15, 0.2) is 6.10 Å². The highest BCUT2D eigenvalue weighted by molar-refractivity contribution is 5.70. The number of allylic oxidation sites excluding steroid dienone is 6. The van der Waals surface area contributed by atoms with E-state index in [-0.39, 0.29) is 25.2 Å². The van der Waals surface area contributed by atoms with Crippen LogP contribution in [0.5, 0.6) is 0 Å². The second kappa shape index (κ2) is 53.5. The predicted molar refractivity (Wildman–Crippen MR) is 270 cm³/mol. The fourth-order valence-electron chi connectivity index (χ4n) is 7.95. The van der Waals surface area contributed by atoms with Gasteiger partial charge in [-0.1, -0.05) is 224 Å². The summed E-state index contributed by atoms with van der Waals surface area (Å²) >= 11 is 0. The van der Waals surface area contributed by atoms with Crippen molar-refractivity contribution in [3.63, 3.8) is 0 Å². The number of ether oxygens (including phenoxy) is 3. The topological polar surface area (TPSA) is 61.8 Å². The Morgan fingerprint density at radius 1 is 0.339 bits per heavy atom. The summed E-state index contributed by atoms with van der Waals surface area (Å²) in [7, 11) is 0. The smallest absolute Gasteiger partial charge is 0.306 e. The molecule has 0 aliphatic heterocycles. The van der Waals surface area contributed by atoms with E-state index in [0.29, 0.717) is 19.4 Å². The molecule has 0 saturated carbocycles. The fourth-order valence-corrected chi connectivity index (χ4v) is 7.95. The monoisotopic (exact) mass is 871 g/mol. The van der Waals surface area contributed by atoms with Crippen LogP contribution in [-0.4, -0.2) is 37.9 Å². The Morgan fingerprint density at radius 3 is 1.03 bits per heavy atom. The summed E-state index contributed by atoms with van der Waals surface area (Å²) in [6, 6.07) is 0. The molecular weight excluding hydrogens is 765 g/mol. The van der Waals surface area contributed by atoms with Crippen molar-refractivity contribution in [3.8, 4) is 0 Å². The number of esters is 2. The lowest BCUT2D eigenvalue weighted by Gasteiger charge is -2.18. The second-order valence-corrected chi connectivity index (χ2v) is 18.5. The molecule has 0 fully saturated rings. The molecular formula is C57H106O5. The van der Waals surface area contributed by atoms with Gasteiger partial charge in [0.1, 0.15) is 6.61 Å². The summed E-state index contributed by atoms with van der Waals surface area (Å²) in [6.45, 7) is 7.81. The van der Waals surface area contributed by atoms with E-state index in [2.05, 4.69) is 57.2 Å². The largest absolute Gasteiger partial charge is 0.462 e. The average Bonchev–Trinajstić information content (AvgIpc) is 3.27. The molecule has 1 atom stereocenters. The predicted octanol–water partition coefficient (Wildman–Crippen LogP) is 18.6. The molecule has 0 aromatic rings. The van der Waals surface area contributed by atoms with Gasteiger partial charge < -0.3 is 14.2 Å². The van der Waals surface area contributed by atoms with Crippen LogP contribution >= 0.6 is 0 Å². The summed E-state index contributed by atoms with van der Waals surface area (Å²) in [5.74, 6) is -0.402. The molecule has 0 aromatic heterocycles. The van der Waals surface area contributed by atoms with Crippen molar-refractivity contribution in [2.24, 2.45) is 0 Å². The standard InChI is InChI=1S/C57H106O5/c1-4-7-10-13-16-19-22-24-26-28-30-32-34-37-40-43-46-49-52-60-53-55(62-57(59)51-48-45-42-39-35-21-18-15-12-9-6-3)54-61-56(58)50-47-44-41-38-36-33-31-29-27-25-23-20-17-14-11-8-5-2/h15,18,24-27,55H,4-14,16-17,19-23,28-54H2,1-3H3/b18-15-,26-24-,27-25-. The van der Waals surface area contributed by atoms with Gasteiger partial charge in [0.05, 0.1) is 6.61 Å². The maximum Gasteiger partial charge on any atom is 0.306 e. The van der Waals surface area contributed by atoms with Gasteiger partial charge in [-0.2, -0.15) is 0 Å². The lowest BCUT2D eigenvalue weighted by Crippen LogP contribution is -2.30. The van der Waals surface area contributed by atoms with E-state index < -0.39 is 6.10 Å². The number of carbonyl (C=O) groups is 2. The van der Waals surface area contributed by atoms with Gasteiger partial charge in [0, 0.05) is 19.4 Å². The summed E-state index contributed by atoms with van der Waals surface area (Å²) in [5, 5.41) is 0. The minimum atomic E-state index is -0.540. The van der Waals surface area contributed by atoms with Crippen molar-refractivity contribution in [3.05, 3.63) is 36.5 Å². The Bertz CT molecular complexity index is 986. The van der Waals surface area contributed by atoms with Gasteiger partial charge in [-0.3, -0.25) is 9.59 Å². The molecule has 0 aliphatic carbocycles.